The minimum Gasteiger partial charge on any atom is -0.384 e. The van der Waals surface area contributed by atoms with Gasteiger partial charge in [-0.25, -0.2) is 0 Å². The van der Waals surface area contributed by atoms with E-state index in [0.717, 1.165) is 17.7 Å². The molecule has 1 atom stereocenters. The lowest BCUT2D eigenvalue weighted by Crippen LogP contribution is -2.13. The Kier molecular flexibility index (Phi) is 2.80. The number of likely N-dealkylation sites (N-methyl/N-ethyl adjacent to an activating group) is 1. The standard InChI is InChI=1S/C14H18N4/c1-18-6-5-12(9-18)10-3-2-4-11(7-10)13-8-16-17-14(13)15/h2-4,7-8,12H,5-6,9H2,1H3,(H3,15,16,17). The van der Waals surface area contributed by atoms with Gasteiger partial charge in [0.2, 0.25) is 0 Å². The van der Waals surface area contributed by atoms with Crippen LogP contribution in [0, 0.1) is 0 Å². The number of nitrogens with one attached hydrogen (secondary N) is 1. The summed E-state index contributed by atoms with van der Waals surface area (Å²) in [5, 5.41) is 6.76. The van der Waals surface area contributed by atoms with Crippen LogP contribution in [0.3, 0.4) is 0 Å². The first-order valence-corrected chi connectivity index (χ1v) is 6.32. The highest BCUT2D eigenvalue weighted by molar-refractivity contribution is 5.73. The SMILES string of the molecule is CN1CCC(c2cccc(-c3cn[nH]c3N)c2)C1. The number of hydrogen-bond donors (Lipinski definition) is 2. The van der Waals surface area contributed by atoms with E-state index in [4.69, 9.17) is 5.73 Å². The fraction of sp³-hybridized carbons (Fsp3) is 0.357. The van der Waals surface area contributed by atoms with E-state index in [-0.39, 0.29) is 0 Å². The number of hydrogen-bond acceptors (Lipinski definition) is 3. The zero-order valence-electron chi connectivity index (χ0n) is 10.6. The fourth-order valence-corrected chi connectivity index (χ4v) is 2.69. The first kappa shape index (κ1) is 11.3. The van der Waals surface area contributed by atoms with E-state index >= 15 is 0 Å². The molecule has 1 fully saturated rings. The van der Waals surface area contributed by atoms with E-state index in [9.17, 15) is 0 Å². The van der Waals surface area contributed by atoms with Crippen LogP contribution in [0.2, 0.25) is 0 Å². The largest absolute Gasteiger partial charge is 0.384 e. The molecule has 18 heavy (non-hydrogen) atoms. The summed E-state index contributed by atoms with van der Waals surface area (Å²) in [5.74, 6) is 1.28. The third-order valence-corrected chi connectivity index (χ3v) is 3.73. The average molecular weight is 242 g/mol. The Hall–Kier alpha value is -1.81. The maximum atomic E-state index is 5.87. The van der Waals surface area contributed by atoms with E-state index in [0.29, 0.717) is 11.7 Å². The van der Waals surface area contributed by atoms with Gasteiger partial charge < -0.3 is 10.6 Å². The highest BCUT2D eigenvalue weighted by Gasteiger charge is 2.21. The number of nitrogens with zero attached hydrogens (tertiary/aromatic N) is 2. The minimum atomic E-state index is 0.635. The molecule has 3 N–H and O–H groups in total. The summed E-state index contributed by atoms with van der Waals surface area (Å²) in [4.78, 5) is 2.38. The van der Waals surface area contributed by atoms with Gasteiger partial charge in [-0.05, 0) is 37.1 Å². The van der Waals surface area contributed by atoms with Gasteiger partial charge in [-0.1, -0.05) is 24.3 Å². The molecule has 4 nitrogen and oxygen atoms in total. The Morgan fingerprint density at radius 2 is 2.33 bits per heavy atom. The Labute approximate surface area is 107 Å². The number of aromatic nitrogens is 2. The molecule has 1 aromatic heterocycles. The summed E-state index contributed by atoms with van der Waals surface area (Å²) in [6.07, 6.45) is 3.02. The number of H-pyrrole nitrogens is 1. The van der Waals surface area contributed by atoms with Crippen molar-refractivity contribution in [1.29, 1.82) is 0 Å². The van der Waals surface area contributed by atoms with Gasteiger partial charge in [0.1, 0.15) is 5.82 Å². The van der Waals surface area contributed by atoms with Crippen LogP contribution in [0.15, 0.2) is 30.5 Å². The van der Waals surface area contributed by atoms with Crippen molar-refractivity contribution in [2.24, 2.45) is 0 Å². The second-order valence-electron chi connectivity index (χ2n) is 5.07. The number of aromatic amines is 1. The first-order chi connectivity index (χ1) is 8.74. The van der Waals surface area contributed by atoms with E-state index in [1.54, 1.807) is 6.20 Å². The molecule has 94 valence electrons. The third-order valence-electron chi connectivity index (χ3n) is 3.73. The zero-order valence-corrected chi connectivity index (χ0v) is 10.6. The molecule has 2 heterocycles. The van der Waals surface area contributed by atoms with Gasteiger partial charge in [0, 0.05) is 12.1 Å². The Morgan fingerprint density at radius 3 is 3.00 bits per heavy atom. The van der Waals surface area contributed by atoms with Crippen molar-refractivity contribution in [2.45, 2.75) is 12.3 Å². The summed E-state index contributed by atoms with van der Waals surface area (Å²) in [5.41, 5.74) is 9.41. The second-order valence-corrected chi connectivity index (χ2v) is 5.07. The fourth-order valence-electron chi connectivity index (χ4n) is 2.69. The van der Waals surface area contributed by atoms with Crippen LogP contribution in [0.4, 0.5) is 5.82 Å². The van der Waals surface area contributed by atoms with Crippen LogP contribution < -0.4 is 5.73 Å². The van der Waals surface area contributed by atoms with Crippen LogP contribution in [0.25, 0.3) is 11.1 Å². The summed E-state index contributed by atoms with van der Waals surface area (Å²) in [6, 6.07) is 8.65. The van der Waals surface area contributed by atoms with Crippen molar-refractivity contribution >= 4 is 5.82 Å². The van der Waals surface area contributed by atoms with Crippen molar-refractivity contribution in [1.82, 2.24) is 15.1 Å². The molecule has 0 aliphatic carbocycles. The van der Waals surface area contributed by atoms with Gasteiger partial charge >= 0.3 is 0 Å². The molecule has 4 heteroatoms. The summed E-state index contributed by atoms with van der Waals surface area (Å²) < 4.78 is 0. The van der Waals surface area contributed by atoms with Crippen LogP contribution in [-0.2, 0) is 0 Å². The molecule has 0 radical (unpaired) electrons. The highest BCUT2D eigenvalue weighted by Crippen LogP contribution is 2.30. The molecule has 1 saturated heterocycles. The van der Waals surface area contributed by atoms with Gasteiger partial charge in [0.05, 0.1) is 6.20 Å². The van der Waals surface area contributed by atoms with Crippen LogP contribution in [-0.4, -0.2) is 35.2 Å². The molecular formula is C14H18N4. The minimum absolute atomic E-state index is 0.635. The lowest BCUT2D eigenvalue weighted by atomic mass is 9.95. The molecule has 1 aliphatic heterocycles. The molecule has 0 amide bonds. The van der Waals surface area contributed by atoms with Gasteiger partial charge in [-0.15, -0.1) is 0 Å². The molecule has 1 unspecified atom stereocenters. The molecule has 2 aromatic rings. The van der Waals surface area contributed by atoms with E-state index in [2.05, 4.69) is 46.4 Å². The normalized spacial score (nSPS) is 20.4. The number of rotatable bonds is 2. The molecule has 0 bridgehead atoms. The monoisotopic (exact) mass is 242 g/mol. The number of benzene rings is 1. The molecular weight excluding hydrogens is 224 g/mol. The summed E-state index contributed by atoms with van der Waals surface area (Å²) >= 11 is 0. The number of likely N-dealkylation sites (tertiary alicyclic amines) is 1. The Bertz CT molecular complexity index is 546. The maximum Gasteiger partial charge on any atom is 0.126 e. The molecule has 1 aromatic carbocycles. The topological polar surface area (TPSA) is 57.9 Å². The van der Waals surface area contributed by atoms with E-state index in [1.165, 1.54) is 18.5 Å². The second kappa shape index (κ2) is 4.46. The van der Waals surface area contributed by atoms with E-state index in [1.807, 2.05) is 0 Å². The first-order valence-electron chi connectivity index (χ1n) is 6.32. The predicted octanol–water partition coefficient (Wildman–Crippen LogP) is 2.08. The lowest BCUT2D eigenvalue weighted by Gasteiger charge is -2.12. The van der Waals surface area contributed by atoms with Crippen LogP contribution in [0.1, 0.15) is 17.9 Å². The predicted molar refractivity (Wildman–Crippen MR) is 73.3 cm³/mol. The number of nitrogen functional groups attached to an aromatic ring is 1. The maximum absolute atomic E-state index is 5.87. The molecule has 0 saturated carbocycles. The van der Waals surface area contributed by atoms with Gasteiger partial charge in [-0.3, -0.25) is 5.10 Å². The van der Waals surface area contributed by atoms with Gasteiger partial charge in [-0.2, -0.15) is 5.10 Å². The number of anilines is 1. The summed E-state index contributed by atoms with van der Waals surface area (Å²) in [7, 11) is 2.18. The Balaban J connectivity index is 1.92. The Morgan fingerprint density at radius 1 is 1.44 bits per heavy atom. The number of nitrogens with two attached hydrogens (primary N) is 1. The van der Waals surface area contributed by atoms with E-state index < -0.39 is 0 Å². The quantitative estimate of drug-likeness (QED) is 0.847. The van der Waals surface area contributed by atoms with Crippen molar-refractivity contribution in [3.8, 4) is 11.1 Å². The molecule has 3 rings (SSSR count). The lowest BCUT2D eigenvalue weighted by molar-refractivity contribution is 0.411. The van der Waals surface area contributed by atoms with Crippen molar-refractivity contribution in [3.05, 3.63) is 36.0 Å². The molecule has 0 spiro atoms. The van der Waals surface area contributed by atoms with Crippen molar-refractivity contribution in [2.75, 3.05) is 25.9 Å². The molecule has 1 aliphatic rings. The van der Waals surface area contributed by atoms with Gasteiger partial charge in [0.25, 0.3) is 0 Å². The van der Waals surface area contributed by atoms with Crippen LogP contribution in [0.5, 0.6) is 0 Å². The summed E-state index contributed by atoms with van der Waals surface area (Å²) in [6.45, 7) is 2.33. The third kappa shape index (κ3) is 1.99. The van der Waals surface area contributed by atoms with Gasteiger partial charge in [0.15, 0.2) is 0 Å². The van der Waals surface area contributed by atoms with Crippen molar-refractivity contribution in [3.63, 3.8) is 0 Å². The highest BCUT2D eigenvalue weighted by atomic mass is 15.1. The van der Waals surface area contributed by atoms with Crippen molar-refractivity contribution < 1.29 is 0 Å². The zero-order chi connectivity index (χ0) is 12.5. The van der Waals surface area contributed by atoms with Crippen LogP contribution >= 0.6 is 0 Å². The average Bonchev–Trinajstić information content (AvgIpc) is 2.98. The smallest absolute Gasteiger partial charge is 0.126 e.